The first-order valence-electron chi connectivity index (χ1n) is 9.69. The Labute approximate surface area is 210 Å². The van der Waals surface area contributed by atoms with Crippen LogP contribution in [0.25, 0.3) is 0 Å². The van der Waals surface area contributed by atoms with Crippen molar-refractivity contribution in [2.75, 3.05) is 13.1 Å². The molecule has 0 aromatic heterocycles. The highest BCUT2D eigenvalue weighted by atomic mass is 79.9. The number of hydrogen-bond acceptors (Lipinski definition) is 4. The number of rotatable bonds is 6. The average molecular weight is 666 g/mol. The molecule has 0 atom stereocenters. The number of halogens is 4. The van der Waals surface area contributed by atoms with Crippen molar-refractivity contribution in [3.8, 4) is 11.5 Å². The first-order valence-corrected chi connectivity index (χ1v) is 12.9. The van der Waals surface area contributed by atoms with Crippen LogP contribution >= 0.6 is 63.7 Å². The molecule has 1 fully saturated rings. The molecular formula is C22H22Br4N2O2. The molecule has 8 heteroatoms. The molecule has 2 aromatic rings. The van der Waals surface area contributed by atoms with Gasteiger partial charge in [-0.1, -0.05) is 31.9 Å². The van der Waals surface area contributed by atoms with E-state index < -0.39 is 0 Å². The maximum Gasteiger partial charge on any atom is 0.138 e. The van der Waals surface area contributed by atoms with Crippen molar-refractivity contribution in [2.24, 2.45) is 21.8 Å². The fraction of sp³-hybridized carbons (Fsp3) is 0.364. The molecule has 1 aliphatic rings. The van der Waals surface area contributed by atoms with E-state index in [2.05, 4.69) is 73.7 Å². The van der Waals surface area contributed by atoms with Crippen LogP contribution in [-0.2, 0) is 0 Å². The van der Waals surface area contributed by atoms with Gasteiger partial charge in [0.1, 0.15) is 11.5 Å². The Morgan fingerprint density at radius 2 is 1.07 bits per heavy atom. The van der Waals surface area contributed by atoms with Crippen LogP contribution in [0.5, 0.6) is 11.5 Å². The Morgan fingerprint density at radius 3 is 1.43 bits per heavy atom. The summed E-state index contributed by atoms with van der Waals surface area (Å²) in [5, 5.41) is 20.2. The van der Waals surface area contributed by atoms with Gasteiger partial charge in [-0.3, -0.25) is 9.98 Å². The third-order valence-corrected chi connectivity index (χ3v) is 7.39. The highest BCUT2D eigenvalue weighted by Gasteiger charge is 2.20. The van der Waals surface area contributed by atoms with E-state index in [0.29, 0.717) is 31.9 Å². The minimum atomic E-state index is 0.215. The second-order valence-corrected chi connectivity index (χ2v) is 11.1. The van der Waals surface area contributed by atoms with E-state index in [9.17, 15) is 10.2 Å². The van der Waals surface area contributed by atoms with E-state index in [-0.39, 0.29) is 11.5 Å². The van der Waals surface area contributed by atoms with Gasteiger partial charge >= 0.3 is 0 Å². The fourth-order valence-corrected chi connectivity index (χ4v) is 6.08. The number of aromatic hydroxyl groups is 2. The van der Waals surface area contributed by atoms with Gasteiger partial charge in [-0.2, -0.15) is 0 Å². The second-order valence-electron chi connectivity index (χ2n) is 7.53. The van der Waals surface area contributed by atoms with Gasteiger partial charge in [0.15, 0.2) is 0 Å². The van der Waals surface area contributed by atoms with Crippen LogP contribution < -0.4 is 0 Å². The van der Waals surface area contributed by atoms with Crippen LogP contribution in [0.1, 0.15) is 36.8 Å². The number of aliphatic imine (C=N–C) groups is 2. The summed E-state index contributed by atoms with van der Waals surface area (Å²) in [5.41, 5.74) is 1.42. The third-order valence-electron chi connectivity index (χ3n) is 5.27. The van der Waals surface area contributed by atoms with Gasteiger partial charge in [-0.05, 0) is 93.6 Å². The van der Waals surface area contributed by atoms with Crippen molar-refractivity contribution < 1.29 is 10.2 Å². The summed E-state index contributed by atoms with van der Waals surface area (Å²) in [4.78, 5) is 9.14. The maximum atomic E-state index is 10.1. The molecule has 1 aliphatic carbocycles. The van der Waals surface area contributed by atoms with Crippen LogP contribution in [0.15, 0.2) is 52.1 Å². The van der Waals surface area contributed by atoms with Crippen molar-refractivity contribution in [3.63, 3.8) is 0 Å². The smallest absolute Gasteiger partial charge is 0.138 e. The molecule has 2 N–H and O–H groups in total. The summed E-state index contributed by atoms with van der Waals surface area (Å²) >= 11 is 13.6. The Bertz CT molecular complexity index is 877. The molecule has 160 valence electrons. The molecule has 0 spiro atoms. The van der Waals surface area contributed by atoms with E-state index in [0.717, 1.165) is 47.7 Å². The van der Waals surface area contributed by atoms with E-state index in [4.69, 9.17) is 0 Å². The number of benzene rings is 2. The first-order chi connectivity index (χ1) is 14.3. The van der Waals surface area contributed by atoms with Crippen LogP contribution in [0.2, 0.25) is 0 Å². The lowest BCUT2D eigenvalue weighted by Crippen LogP contribution is -2.18. The largest absolute Gasteiger partial charge is 0.506 e. The summed E-state index contributed by atoms with van der Waals surface area (Å²) < 4.78 is 3.11. The zero-order chi connectivity index (χ0) is 21.7. The Morgan fingerprint density at radius 1 is 0.700 bits per heavy atom. The highest BCUT2D eigenvalue weighted by molar-refractivity contribution is 9.11. The highest BCUT2D eigenvalue weighted by Crippen LogP contribution is 2.33. The number of phenolic OH excluding ortho intramolecular Hbond substituents is 2. The molecule has 0 saturated heterocycles. The molecule has 0 radical (unpaired) electrons. The predicted molar refractivity (Wildman–Crippen MR) is 137 cm³/mol. The molecular weight excluding hydrogens is 644 g/mol. The minimum absolute atomic E-state index is 0.215. The van der Waals surface area contributed by atoms with Crippen LogP contribution in [0.3, 0.4) is 0 Å². The predicted octanol–water partition coefficient (Wildman–Crippen LogP) is 7.49. The van der Waals surface area contributed by atoms with Crippen LogP contribution in [0, 0.1) is 11.8 Å². The van der Waals surface area contributed by atoms with Gasteiger partial charge in [0.25, 0.3) is 0 Å². The number of nitrogens with zero attached hydrogens (tertiary/aromatic N) is 2. The fourth-order valence-electron chi connectivity index (χ4n) is 3.57. The molecule has 0 aliphatic heterocycles. The Kier molecular flexibility index (Phi) is 8.98. The quantitative estimate of drug-likeness (QED) is 0.314. The zero-order valence-electron chi connectivity index (χ0n) is 16.2. The summed E-state index contributed by atoms with van der Waals surface area (Å²) in [6.07, 6.45) is 8.06. The van der Waals surface area contributed by atoms with Gasteiger partial charge in [0.2, 0.25) is 0 Å². The summed E-state index contributed by atoms with van der Waals surface area (Å²) in [7, 11) is 0. The SMILES string of the molecule is Oc1c(Br)cc(Br)cc1C=NCC1CCC(CN=Cc2cc(Br)cc(Br)c2O)CC1. The van der Waals surface area contributed by atoms with E-state index in [1.54, 1.807) is 12.4 Å². The molecule has 4 nitrogen and oxygen atoms in total. The van der Waals surface area contributed by atoms with Gasteiger partial charge in [-0.25, -0.2) is 0 Å². The Balaban J connectivity index is 1.46. The van der Waals surface area contributed by atoms with Gasteiger partial charge in [0.05, 0.1) is 8.95 Å². The summed E-state index contributed by atoms with van der Waals surface area (Å²) in [6, 6.07) is 7.35. The van der Waals surface area contributed by atoms with Gasteiger partial charge < -0.3 is 10.2 Å². The zero-order valence-corrected chi connectivity index (χ0v) is 22.5. The third kappa shape index (κ3) is 6.65. The topological polar surface area (TPSA) is 65.2 Å². The standard InChI is InChI=1S/C22H22Br4N2O2/c23-17-5-15(21(29)19(25)7-17)11-27-9-13-1-2-14(4-3-13)10-28-12-16-6-18(24)8-20(26)22(16)30/h5-8,11-14,29-30H,1-4,9-10H2. The monoisotopic (exact) mass is 662 g/mol. The lowest BCUT2D eigenvalue weighted by atomic mass is 9.82. The first kappa shape index (κ1) is 24.0. The number of phenols is 2. The molecule has 0 amide bonds. The van der Waals surface area contributed by atoms with Gasteiger partial charge in [0, 0.05) is 45.6 Å². The van der Waals surface area contributed by atoms with E-state index in [1.165, 1.54) is 0 Å². The van der Waals surface area contributed by atoms with Crippen LogP contribution in [-0.4, -0.2) is 35.7 Å². The lowest BCUT2D eigenvalue weighted by Gasteiger charge is -2.26. The normalized spacial score (nSPS) is 19.7. The summed E-state index contributed by atoms with van der Waals surface area (Å²) in [6.45, 7) is 1.55. The van der Waals surface area contributed by atoms with Gasteiger partial charge in [-0.15, -0.1) is 0 Å². The van der Waals surface area contributed by atoms with Crippen molar-refractivity contribution in [1.82, 2.24) is 0 Å². The maximum absolute atomic E-state index is 10.1. The van der Waals surface area contributed by atoms with E-state index >= 15 is 0 Å². The number of hydrogen-bond donors (Lipinski definition) is 2. The summed E-state index contributed by atoms with van der Waals surface area (Å²) in [5.74, 6) is 1.58. The van der Waals surface area contributed by atoms with Crippen molar-refractivity contribution in [2.45, 2.75) is 25.7 Å². The Hall–Kier alpha value is -0.700. The molecule has 3 rings (SSSR count). The van der Waals surface area contributed by atoms with Crippen LogP contribution in [0.4, 0.5) is 0 Å². The minimum Gasteiger partial charge on any atom is -0.506 e. The second kappa shape index (κ2) is 11.2. The van der Waals surface area contributed by atoms with Crippen molar-refractivity contribution >= 4 is 76.1 Å². The average Bonchev–Trinajstić information content (AvgIpc) is 2.70. The van der Waals surface area contributed by atoms with Crippen molar-refractivity contribution in [3.05, 3.63) is 53.3 Å². The molecule has 0 unspecified atom stereocenters. The molecule has 2 aromatic carbocycles. The molecule has 1 saturated carbocycles. The lowest BCUT2D eigenvalue weighted by molar-refractivity contribution is 0.286. The molecule has 30 heavy (non-hydrogen) atoms. The molecule has 0 bridgehead atoms. The van der Waals surface area contributed by atoms with Crippen molar-refractivity contribution in [1.29, 1.82) is 0 Å². The molecule has 0 heterocycles. The van der Waals surface area contributed by atoms with E-state index in [1.807, 2.05) is 24.3 Å².